The molecule has 1 saturated heterocycles. The van der Waals surface area contributed by atoms with Crippen LogP contribution >= 0.6 is 0 Å². The fraction of sp³-hybridized carbons (Fsp3) is 0.562. The summed E-state index contributed by atoms with van der Waals surface area (Å²) >= 11 is 0. The molecule has 1 aromatic rings. The molecule has 0 bridgehead atoms. The Balaban J connectivity index is 1.71. The first kappa shape index (κ1) is 13.6. The first-order chi connectivity index (χ1) is 9.72. The van der Waals surface area contributed by atoms with E-state index in [1.165, 1.54) is 31.4 Å². The van der Waals surface area contributed by atoms with E-state index in [-0.39, 0.29) is 11.7 Å². The fourth-order valence-electron chi connectivity index (χ4n) is 2.84. The van der Waals surface area contributed by atoms with Crippen molar-refractivity contribution in [1.29, 1.82) is 0 Å². The lowest BCUT2D eigenvalue weighted by atomic mass is 10.1. The average molecular weight is 276 g/mol. The van der Waals surface area contributed by atoms with Crippen LogP contribution in [-0.2, 0) is 0 Å². The van der Waals surface area contributed by atoms with Crippen LogP contribution in [0.1, 0.15) is 36.0 Å². The van der Waals surface area contributed by atoms with Crippen molar-refractivity contribution >= 4 is 5.91 Å². The van der Waals surface area contributed by atoms with Crippen LogP contribution < -0.4 is 5.32 Å². The summed E-state index contributed by atoms with van der Waals surface area (Å²) in [4.78, 5) is 14.5. The maximum absolute atomic E-state index is 13.3. The zero-order valence-corrected chi connectivity index (χ0v) is 11.6. The summed E-state index contributed by atoms with van der Waals surface area (Å²) in [6, 6.07) is 6.41. The summed E-state index contributed by atoms with van der Waals surface area (Å²) < 4.78 is 13.3. The van der Waals surface area contributed by atoms with E-state index in [1.807, 2.05) is 4.90 Å². The molecule has 3 rings (SSSR count). The third-order valence-corrected chi connectivity index (χ3v) is 4.14. The van der Waals surface area contributed by atoms with Gasteiger partial charge in [0.2, 0.25) is 0 Å². The lowest BCUT2D eigenvalue weighted by molar-refractivity contribution is 0.0733. The van der Waals surface area contributed by atoms with Gasteiger partial charge in [0, 0.05) is 24.7 Å². The van der Waals surface area contributed by atoms with Gasteiger partial charge < -0.3 is 10.2 Å². The molecule has 1 aliphatic heterocycles. The topological polar surface area (TPSA) is 32.3 Å². The maximum atomic E-state index is 13.3. The fourth-order valence-corrected chi connectivity index (χ4v) is 2.84. The van der Waals surface area contributed by atoms with Crippen molar-refractivity contribution in [3.8, 4) is 0 Å². The van der Waals surface area contributed by atoms with Crippen molar-refractivity contribution in [3.05, 3.63) is 35.6 Å². The Hall–Kier alpha value is -1.42. The normalized spacial score (nSPS) is 21.9. The van der Waals surface area contributed by atoms with E-state index in [0.717, 1.165) is 26.1 Å². The highest BCUT2D eigenvalue weighted by atomic mass is 19.1. The molecule has 108 valence electrons. The molecule has 4 heteroatoms. The highest BCUT2D eigenvalue weighted by molar-refractivity contribution is 5.94. The molecule has 1 amide bonds. The van der Waals surface area contributed by atoms with Crippen molar-refractivity contribution in [2.75, 3.05) is 19.6 Å². The quantitative estimate of drug-likeness (QED) is 0.896. The smallest absolute Gasteiger partial charge is 0.254 e. The number of hydrogen-bond donors (Lipinski definition) is 1. The molecule has 1 aromatic carbocycles. The highest BCUT2D eigenvalue weighted by Crippen LogP contribution is 2.30. The third kappa shape index (κ3) is 3.37. The van der Waals surface area contributed by atoms with Gasteiger partial charge in [0.1, 0.15) is 5.82 Å². The summed E-state index contributed by atoms with van der Waals surface area (Å²) in [5, 5.41) is 3.43. The van der Waals surface area contributed by atoms with Crippen LogP contribution in [0.3, 0.4) is 0 Å². The zero-order chi connectivity index (χ0) is 13.9. The molecular weight excluding hydrogens is 255 g/mol. The molecule has 1 unspecified atom stereocenters. The minimum atomic E-state index is -0.346. The summed E-state index contributed by atoms with van der Waals surface area (Å²) in [6.45, 7) is 2.59. The summed E-state index contributed by atoms with van der Waals surface area (Å²) in [7, 11) is 0. The van der Waals surface area contributed by atoms with Crippen LogP contribution in [0.5, 0.6) is 0 Å². The van der Waals surface area contributed by atoms with Gasteiger partial charge >= 0.3 is 0 Å². The third-order valence-electron chi connectivity index (χ3n) is 4.14. The van der Waals surface area contributed by atoms with Gasteiger partial charge in [-0.15, -0.1) is 0 Å². The van der Waals surface area contributed by atoms with Crippen molar-refractivity contribution in [2.45, 2.75) is 31.7 Å². The monoisotopic (exact) mass is 276 g/mol. The molecule has 2 fully saturated rings. The van der Waals surface area contributed by atoms with Crippen LogP contribution in [0, 0.1) is 11.7 Å². The van der Waals surface area contributed by atoms with E-state index in [0.29, 0.717) is 17.5 Å². The molecule has 0 aromatic heterocycles. The number of halogens is 1. The second kappa shape index (κ2) is 5.92. The lowest BCUT2D eigenvalue weighted by Crippen LogP contribution is -2.42. The molecule has 3 nitrogen and oxygen atoms in total. The van der Waals surface area contributed by atoms with Crippen LogP contribution in [0.2, 0.25) is 0 Å². The van der Waals surface area contributed by atoms with Gasteiger partial charge in [0.05, 0.1) is 0 Å². The van der Waals surface area contributed by atoms with E-state index < -0.39 is 0 Å². The molecule has 20 heavy (non-hydrogen) atoms. The highest BCUT2D eigenvalue weighted by Gasteiger charge is 2.29. The lowest BCUT2D eigenvalue weighted by Gasteiger charge is -2.26. The van der Waals surface area contributed by atoms with Crippen molar-refractivity contribution in [3.63, 3.8) is 0 Å². The van der Waals surface area contributed by atoms with Crippen LogP contribution in [0.25, 0.3) is 0 Å². The average Bonchev–Trinajstić information content (AvgIpc) is 3.11. The van der Waals surface area contributed by atoms with Gasteiger partial charge in [-0.2, -0.15) is 0 Å². The predicted molar refractivity (Wildman–Crippen MR) is 76.1 cm³/mol. The molecule has 1 saturated carbocycles. The first-order valence-electron chi connectivity index (χ1n) is 7.50. The molecule has 1 N–H and O–H groups in total. The second-order valence-electron chi connectivity index (χ2n) is 5.96. The minimum Gasteiger partial charge on any atom is -0.337 e. The predicted octanol–water partition coefficient (Wildman–Crippen LogP) is 2.43. The Morgan fingerprint density at radius 2 is 2.15 bits per heavy atom. The summed E-state index contributed by atoms with van der Waals surface area (Å²) in [6.07, 6.45) is 4.73. The van der Waals surface area contributed by atoms with E-state index in [1.54, 1.807) is 12.1 Å². The van der Waals surface area contributed by atoms with Gasteiger partial charge in [-0.3, -0.25) is 4.79 Å². The standard InChI is InChI=1S/C16H21FN2O/c17-14-4-1-3-13(9-14)16(20)19(10-12-6-7-12)11-15-5-2-8-18-15/h1,3-4,9,12,15,18H,2,5-8,10-11H2. The Labute approximate surface area is 119 Å². The minimum absolute atomic E-state index is 0.0369. The molecule has 0 radical (unpaired) electrons. The number of hydrogen-bond acceptors (Lipinski definition) is 2. The number of benzene rings is 1. The van der Waals surface area contributed by atoms with Crippen LogP contribution in [0.15, 0.2) is 24.3 Å². The van der Waals surface area contributed by atoms with Gasteiger partial charge in [0.25, 0.3) is 5.91 Å². The second-order valence-corrected chi connectivity index (χ2v) is 5.96. The Morgan fingerprint density at radius 1 is 1.30 bits per heavy atom. The number of carbonyl (C=O) groups excluding carboxylic acids is 1. The molecule has 1 aliphatic carbocycles. The number of rotatable bonds is 5. The van der Waals surface area contributed by atoms with Crippen molar-refractivity contribution in [2.24, 2.45) is 5.92 Å². The number of amides is 1. The van der Waals surface area contributed by atoms with E-state index in [2.05, 4.69) is 5.32 Å². The Kier molecular flexibility index (Phi) is 4.01. The van der Waals surface area contributed by atoms with E-state index in [4.69, 9.17) is 0 Å². The van der Waals surface area contributed by atoms with Gasteiger partial charge in [-0.1, -0.05) is 6.07 Å². The number of nitrogens with zero attached hydrogens (tertiary/aromatic N) is 1. The summed E-state index contributed by atoms with van der Waals surface area (Å²) in [5.74, 6) is 0.264. The Morgan fingerprint density at radius 3 is 2.80 bits per heavy atom. The van der Waals surface area contributed by atoms with Crippen molar-refractivity contribution < 1.29 is 9.18 Å². The maximum Gasteiger partial charge on any atom is 0.254 e. The zero-order valence-electron chi connectivity index (χ0n) is 11.6. The first-order valence-corrected chi connectivity index (χ1v) is 7.50. The molecule has 2 aliphatic rings. The molecular formula is C16H21FN2O. The number of nitrogens with one attached hydrogen (secondary N) is 1. The van der Waals surface area contributed by atoms with Crippen LogP contribution in [0.4, 0.5) is 4.39 Å². The SMILES string of the molecule is O=C(c1cccc(F)c1)N(CC1CC1)CC1CCCN1. The largest absolute Gasteiger partial charge is 0.337 e. The molecule has 0 spiro atoms. The van der Waals surface area contributed by atoms with Crippen molar-refractivity contribution in [1.82, 2.24) is 10.2 Å². The molecule has 1 heterocycles. The van der Waals surface area contributed by atoms with Crippen LogP contribution in [-0.4, -0.2) is 36.5 Å². The molecule has 1 atom stereocenters. The summed E-state index contributed by atoms with van der Waals surface area (Å²) in [5.41, 5.74) is 0.462. The van der Waals surface area contributed by atoms with Gasteiger partial charge in [0.15, 0.2) is 0 Å². The van der Waals surface area contributed by atoms with Gasteiger partial charge in [-0.05, 0) is 56.3 Å². The van der Waals surface area contributed by atoms with E-state index >= 15 is 0 Å². The van der Waals surface area contributed by atoms with Gasteiger partial charge in [-0.25, -0.2) is 4.39 Å². The Bertz CT molecular complexity index is 481. The van der Waals surface area contributed by atoms with E-state index in [9.17, 15) is 9.18 Å². The number of carbonyl (C=O) groups is 1.